The summed E-state index contributed by atoms with van der Waals surface area (Å²) in [6.45, 7) is 0. The van der Waals surface area contributed by atoms with E-state index in [1.165, 1.54) is 24.5 Å². The van der Waals surface area contributed by atoms with E-state index in [0.717, 1.165) is 17.5 Å². The van der Waals surface area contributed by atoms with Gasteiger partial charge in [0, 0.05) is 12.4 Å². The highest BCUT2D eigenvalue weighted by molar-refractivity contribution is 6.04. The van der Waals surface area contributed by atoms with Crippen LogP contribution in [0.5, 0.6) is 0 Å². The molecule has 0 bridgehead atoms. The van der Waals surface area contributed by atoms with E-state index >= 15 is 0 Å². The maximum Gasteiger partial charge on any atom is 0.272 e. The van der Waals surface area contributed by atoms with Gasteiger partial charge in [0.05, 0.1) is 6.04 Å². The van der Waals surface area contributed by atoms with Crippen LogP contribution in [0.15, 0.2) is 30.6 Å². The number of amides is 2. The van der Waals surface area contributed by atoms with Crippen LogP contribution in [-0.4, -0.2) is 21.8 Å². The number of rotatable bonds is 3. The van der Waals surface area contributed by atoms with Crippen LogP contribution in [0.2, 0.25) is 0 Å². The van der Waals surface area contributed by atoms with Gasteiger partial charge in [0.2, 0.25) is 0 Å². The average molecular weight is 300 g/mol. The summed E-state index contributed by atoms with van der Waals surface area (Å²) >= 11 is 0. The number of aryl methyl sites for hydroxylation is 1. The highest BCUT2D eigenvalue weighted by Crippen LogP contribution is 2.31. The molecule has 2 aromatic rings. The number of nitrogens with zero attached hydrogens (tertiary/aromatic N) is 2. The van der Waals surface area contributed by atoms with Crippen molar-refractivity contribution in [1.29, 1.82) is 0 Å². The van der Waals surface area contributed by atoms with Crippen LogP contribution in [0.3, 0.4) is 0 Å². The summed E-state index contributed by atoms with van der Waals surface area (Å²) in [4.78, 5) is 31.2. The minimum absolute atomic E-state index is 0.125. The number of primary amides is 1. The fraction of sp³-hybridized carbons (Fsp3) is 0.200. The molecule has 7 heteroatoms. The monoisotopic (exact) mass is 300 g/mol. The first-order chi connectivity index (χ1) is 10.6. The molecule has 1 atom stereocenters. The minimum atomic E-state index is -0.823. The summed E-state index contributed by atoms with van der Waals surface area (Å²) in [5.74, 6) is -1.72. The van der Waals surface area contributed by atoms with E-state index in [2.05, 4.69) is 15.3 Å². The number of benzene rings is 1. The Morgan fingerprint density at radius 3 is 2.68 bits per heavy atom. The van der Waals surface area contributed by atoms with E-state index in [1.807, 2.05) is 0 Å². The summed E-state index contributed by atoms with van der Waals surface area (Å²) < 4.78 is 13.4. The molecule has 112 valence electrons. The van der Waals surface area contributed by atoms with Crippen molar-refractivity contribution in [3.63, 3.8) is 0 Å². The molecule has 0 saturated heterocycles. The largest absolute Gasteiger partial charge is 0.364 e. The third-order valence-corrected chi connectivity index (χ3v) is 3.64. The Balaban J connectivity index is 1.85. The van der Waals surface area contributed by atoms with Gasteiger partial charge in [-0.15, -0.1) is 0 Å². The molecule has 0 fully saturated rings. The molecule has 6 nitrogen and oxygen atoms in total. The molecule has 3 N–H and O–H groups in total. The molecule has 2 amide bonds. The van der Waals surface area contributed by atoms with Gasteiger partial charge in [-0.3, -0.25) is 9.59 Å². The number of halogens is 1. The number of nitrogens with one attached hydrogen (secondary N) is 1. The number of nitrogens with two attached hydrogens (primary N) is 1. The van der Waals surface area contributed by atoms with Gasteiger partial charge in [0.25, 0.3) is 11.8 Å². The van der Waals surface area contributed by atoms with Gasteiger partial charge >= 0.3 is 0 Å². The van der Waals surface area contributed by atoms with Crippen molar-refractivity contribution in [3.8, 4) is 0 Å². The number of hydrogen-bond donors (Lipinski definition) is 2. The van der Waals surface area contributed by atoms with Crippen LogP contribution in [-0.2, 0) is 6.42 Å². The lowest BCUT2D eigenvalue weighted by Gasteiger charge is -2.14. The first-order valence-electron chi connectivity index (χ1n) is 6.76. The van der Waals surface area contributed by atoms with Crippen molar-refractivity contribution < 1.29 is 14.0 Å². The van der Waals surface area contributed by atoms with E-state index in [1.54, 1.807) is 6.07 Å². The van der Waals surface area contributed by atoms with Gasteiger partial charge in [-0.1, -0.05) is 6.07 Å². The van der Waals surface area contributed by atoms with Crippen LogP contribution in [0, 0.1) is 5.82 Å². The van der Waals surface area contributed by atoms with Gasteiger partial charge in [0.1, 0.15) is 5.82 Å². The molecule has 1 heterocycles. The summed E-state index contributed by atoms with van der Waals surface area (Å²) in [7, 11) is 0. The molecule has 0 radical (unpaired) electrons. The molecule has 0 saturated carbocycles. The van der Waals surface area contributed by atoms with Gasteiger partial charge in [-0.2, -0.15) is 0 Å². The Hall–Kier alpha value is -2.83. The van der Waals surface area contributed by atoms with Gasteiger partial charge in [-0.05, 0) is 36.1 Å². The van der Waals surface area contributed by atoms with Crippen LogP contribution < -0.4 is 11.1 Å². The topological polar surface area (TPSA) is 98.0 Å². The maximum atomic E-state index is 13.4. The fourth-order valence-electron chi connectivity index (χ4n) is 2.63. The van der Waals surface area contributed by atoms with Gasteiger partial charge < -0.3 is 11.1 Å². The number of carbonyl (C=O) groups is 2. The second-order valence-electron chi connectivity index (χ2n) is 5.03. The summed E-state index contributed by atoms with van der Waals surface area (Å²) in [6.07, 6.45) is 4.02. The molecule has 0 aliphatic heterocycles. The minimum Gasteiger partial charge on any atom is -0.364 e. The maximum absolute atomic E-state index is 13.4. The molecule has 1 unspecified atom stereocenters. The van der Waals surface area contributed by atoms with E-state index in [0.29, 0.717) is 6.42 Å². The van der Waals surface area contributed by atoms with Crippen LogP contribution >= 0.6 is 0 Å². The second kappa shape index (κ2) is 5.51. The van der Waals surface area contributed by atoms with Crippen molar-refractivity contribution in [1.82, 2.24) is 15.3 Å². The molecule has 1 aromatic heterocycles. The zero-order chi connectivity index (χ0) is 15.7. The third kappa shape index (κ3) is 2.52. The van der Waals surface area contributed by atoms with Crippen LogP contribution in [0.4, 0.5) is 4.39 Å². The van der Waals surface area contributed by atoms with Crippen molar-refractivity contribution in [2.24, 2.45) is 5.73 Å². The molecule has 22 heavy (non-hydrogen) atoms. The molecular weight excluding hydrogens is 287 g/mol. The lowest BCUT2D eigenvalue weighted by Crippen LogP contribution is -2.31. The van der Waals surface area contributed by atoms with Crippen LogP contribution in [0.25, 0.3) is 0 Å². The zero-order valence-electron chi connectivity index (χ0n) is 11.5. The quantitative estimate of drug-likeness (QED) is 0.887. The standard InChI is InChI=1S/C15H13FN4O2/c16-9-3-1-8-2-4-11(10(8)7-9)20-15(22)13-12(14(17)21)18-5-6-19-13/h1,3,5-7,11H,2,4H2,(H2,17,21)(H,20,22). The molecule has 1 aliphatic carbocycles. The van der Waals surface area contributed by atoms with Gasteiger partial charge in [0.15, 0.2) is 11.4 Å². The summed E-state index contributed by atoms with van der Waals surface area (Å²) in [5.41, 5.74) is 6.63. The smallest absolute Gasteiger partial charge is 0.272 e. The SMILES string of the molecule is NC(=O)c1nccnc1C(=O)NC1CCc2ccc(F)cc21. The normalized spacial score (nSPS) is 16.1. The summed E-state index contributed by atoms with van der Waals surface area (Å²) in [5, 5.41) is 2.76. The predicted octanol–water partition coefficient (Wildman–Crippen LogP) is 1.13. The summed E-state index contributed by atoms with van der Waals surface area (Å²) in [6, 6.07) is 4.21. The van der Waals surface area contributed by atoms with E-state index in [4.69, 9.17) is 5.73 Å². The Labute approximate surface area is 125 Å². The predicted molar refractivity (Wildman–Crippen MR) is 75.5 cm³/mol. The lowest BCUT2D eigenvalue weighted by atomic mass is 10.1. The first kappa shape index (κ1) is 14.1. The van der Waals surface area contributed by atoms with E-state index in [9.17, 15) is 14.0 Å². The molecular formula is C15H13FN4O2. The molecule has 3 rings (SSSR count). The van der Waals surface area contributed by atoms with E-state index < -0.39 is 11.8 Å². The van der Waals surface area contributed by atoms with Crippen molar-refractivity contribution in [3.05, 3.63) is 58.9 Å². The van der Waals surface area contributed by atoms with Gasteiger partial charge in [-0.25, -0.2) is 14.4 Å². The van der Waals surface area contributed by atoms with Crippen LogP contribution in [0.1, 0.15) is 44.6 Å². The second-order valence-corrected chi connectivity index (χ2v) is 5.03. The first-order valence-corrected chi connectivity index (χ1v) is 6.76. The fourth-order valence-corrected chi connectivity index (χ4v) is 2.63. The Bertz CT molecular complexity index is 763. The van der Waals surface area contributed by atoms with Crippen molar-refractivity contribution in [2.45, 2.75) is 18.9 Å². The number of fused-ring (bicyclic) bond motifs is 1. The Kier molecular flexibility index (Phi) is 3.54. The lowest BCUT2D eigenvalue weighted by molar-refractivity contribution is 0.0914. The number of aromatic nitrogens is 2. The Morgan fingerprint density at radius 1 is 1.23 bits per heavy atom. The van der Waals surface area contributed by atoms with E-state index in [-0.39, 0.29) is 23.2 Å². The Morgan fingerprint density at radius 2 is 1.95 bits per heavy atom. The molecule has 1 aliphatic rings. The number of carbonyl (C=O) groups excluding carboxylic acids is 2. The number of hydrogen-bond acceptors (Lipinski definition) is 4. The highest BCUT2D eigenvalue weighted by atomic mass is 19.1. The van der Waals surface area contributed by atoms with Crippen molar-refractivity contribution >= 4 is 11.8 Å². The van der Waals surface area contributed by atoms with Crippen molar-refractivity contribution in [2.75, 3.05) is 0 Å². The third-order valence-electron chi connectivity index (χ3n) is 3.64. The molecule has 0 spiro atoms. The molecule has 1 aromatic carbocycles. The zero-order valence-corrected chi connectivity index (χ0v) is 11.5. The highest BCUT2D eigenvalue weighted by Gasteiger charge is 2.27. The average Bonchev–Trinajstić information content (AvgIpc) is 2.89.